The molecule has 1 unspecified atom stereocenters. The van der Waals surface area contributed by atoms with E-state index in [1.165, 1.54) is 0 Å². The van der Waals surface area contributed by atoms with Crippen LogP contribution in [-0.2, 0) is 4.74 Å². The number of hydrogen-bond donors (Lipinski definition) is 2. The number of carbonyl (C=O) groups excluding carboxylic acids is 1. The molecule has 0 saturated carbocycles. The molecule has 5 nitrogen and oxygen atoms in total. The molecule has 2 aromatic rings. The second kappa shape index (κ2) is 4.77. The van der Waals surface area contributed by atoms with Crippen molar-refractivity contribution in [2.75, 3.05) is 18.8 Å². The van der Waals surface area contributed by atoms with Crippen molar-refractivity contribution < 1.29 is 9.53 Å². The smallest absolute Gasteiger partial charge is 0.256 e. The van der Waals surface area contributed by atoms with Crippen LogP contribution in [0.4, 0.5) is 5.69 Å². The SMILES string of the molecule is CC1CN(C(=O)c2c[nH]c3cc(N)ccc23)CC(C)(C)O1. The van der Waals surface area contributed by atoms with Gasteiger partial charge in [-0.25, -0.2) is 0 Å². The first-order valence-corrected chi connectivity index (χ1v) is 7.19. The summed E-state index contributed by atoms with van der Waals surface area (Å²) in [5, 5.41) is 0.908. The molecule has 0 radical (unpaired) electrons. The molecule has 1 saturated heterocycles. The molecule has 112 valence electrons. The molecule has 1 aliphatic rings. The molecule has 3 N–H and O–H groups in total. The number of carbonyl (C=O) groups is 1. The molecule has 0 bridgehead atoms. The van der Waals surface area contributed by atoms with Gasteiger partial charge in [0.1, 0.15) is 0 Å². The molecule has 1 aliphatic heterocycles. The summed E-state index contributed by atoms with van der Waals surface area (Å²) in [7, 11) is 0. The number of H-pyrrole nitrogens is 1. The summed E-state index contributed by atoms with van der Waals surface area (Å²) in [6, 6.07) is 5.56. The van der Waals surface area contributed by atoms with E-state index in [-0.39, 0.29) is 17.6 Å². The number of nitrogens with one attached hydrogen (secondary N) is 1. The Bertz CT molecular complexity index is 690. The predicted octanol–water partition coefficient (Wildman–Crippen LogP) is 2.39. The molecule has 0 spiro atoms. The van der Waals surface area contributed by atoms with Crippen LogP contribution in [-0.4, -0.2) is 40.6 Å². The number of aromatic amines is 1. The molecule has 1 fully saturated rings. The molecule has 1 aromatic heterocycles. The normalized spacial score (nSPS) is 21.7. The second-order valence-corrected chi connectivity index (χ2v) is 6.38. The Balaban J connectivity index is 1.93. The van der Waals surface area contributed by atoms with Crippen molar-refractivity contribution >= 4 is 22.5 Å². The highest BCUT2D eigenvalue weighted by Gasteiger charge is 2.34. The highest BCUT2D eigenvalue weighted by Crippen LogP contribution is 2.26. The monoisotopic (exact) mass is 287 g/mol. The fraction of sp³-hybridized carbons (Fsp3) is 0.438. The van der Waals surface area contributed by atoms with E-state index in [1.54, 1.807) is 6.20 Å². The average molecular weight is 287 g/mol. The summed E-state index contributed by atoms with van der Waals surface area (Å²) < 4.78 is 5.86. The van der Waals surface area contributed by atoms with Crippen molar-refractivity contribution in [1.29, 1.82) is 0 Å². The third-order valence-electron chi connectivity index (χ3n) is 3.79. The minimum absolute atomic E-state index is 0.0363. The van der Waals surface area contributed by atoms with E-state index in [1.807, 2.05) is 43.9 Å². The van der Waals surface area contributed by atoms with Gasteiger partial charge in [0.15, 0.2) is 0 Å². The van der Waals surface area contributed by atoms with Gasteiger partial charge in [0.2, 0.25) is 0 Å². The number of nitrogens with zero attached hydrogens (tertiary/aromatic N) is 1. The molecule has 21 heavy (non-hydrogen) atoms. The minimum atomic E-state index is -0.316. The van der Waals surface area contributed by atoms with Gasteiger partial charge in [-0.2, -0.15) is 0 Å². The number of aromatic nitrogens is 1. The summed E-state index contributed by atoms with van der Waals surface area (Å²) in [5.74, 6) is 0.0363. The minimum Gasteiger partial charge on any atom is -0.399 e. The molecule has 1 aromatic carbocycles. The van der Waals surface area contributed by atoms with Crippen LogP contribution in [0.15, 0.2) is 24.4 Å². The van der Waals surface area contributed by atoms with Crippen LogP contribution in [0.5, 0.6) is 0 Å². The maximum atomic E-state index is 12.8. The van der Waals surface area contributed by atoms with Gasteiger partial charge in [0, 0.05) is 35.9 Å². The lowest BCUT2D eigenvalue weighted by Crippen LogP contribution is -2.53. The first kappa shape index (κ1) is 13.9. The lowest BCUT2D eigenvalue weighted by atomic mass is 10.0. The van der Waals surface area contributed by atoms with E-state index in [4.69, 9.17) is 10.5 Å². The maximum Gasteiger partial charge on any atom is 0.256 e. The molecular weight excluding hydrogens is 266 g/mol. The predicted molar refractivity (Wildman–Crippen MR) is 83.2 cm³/mol. The first-order chi connectivity index (χ1) is 9.85. The summed E-state index contributed by atoms with van der Waals surface area (Å²) in [6.07, 6.45) is 1.80. The number of nitrogens with two attached hydrogens (primary N) is 1. The highest BCUT2D eigenvalue weighted by atomic mass is 16.5. The third-order valence-corrected chi connectivity index (χ3v) is 3.79. The third kappa shape index (κ3) is 2.61. The largest absolute Gasteiger partial charge is 0.399 e. The number of nitrogen functional groups attached to an aromatic ring is 1. The molecule has 2 heterocycles. The van der Waals surface area contributed by atoms with Crippen molar-refractivity contribution in [2.24, 2.45) is 0 Å². The number of rotatable bonds is 1. The lowest BCUT2D eigenvalue weighted by molar-refractivity contribution is -0.118. The van der Waals surface area contributed by atoms with Crippen LogP contribution >= 0.6 is 0 Å². The highest BCUT2D eigenvalue weighted by molar-refractivity contribution is 6.07. The first-order valence-electron chi connectivity index (χ1n) is 7.19. The van der Waals surface area contributed by atoms with Gasteiger partial charge in [-0.15, -0.1) is 0 Å². The summed E-state index contributed by atoms with van der Waals surface area (Å²) in [4.78, 5) is 17.8. The van der Waals surface area contributed by atoms with Gasteiger partial charge in [0.25, 0.3) is 5.91 Å². The van der Waals surface area contributed by atoms with Crippen LogP contribution in [0, 0.1) is 0 Å². The molecule has 1 amide bonds. The van der Waals surface area contributed by atoms with Gasteiger partial charge in [-0.05, 0) is 39.0 Å². The fourth-order valence-corrected chi connectivity index (χ4v) is 3.10. The van der Waals surface area contributed by atoms with Crippen molar-refractivity contribution in [3.63, 3.8) is 0 Å². The second-order valence-electron chi connectivity index (χ2n) is 6.38. The molecule has 0 aliphatic carbocycles. The van der Waals surface area contributed by atoms with Gasteiger partial charge < -0.3 is 20.4 Å². The molecule has 3 rings (SSSR count). The molecular formula is C16H21N3O2. The van der Waals surface area contributed by atoms with Crippen LogP contribution < -0.4 is 5.73 Å². The summed E-state index contributed by atoms with van der Waals surface area (Å²) >= 11 is 0. The number of ether oxygens (including phenoxy) is 1. The lowest BCUT2D eigenvalue weighted by Gasteiger charge is -2.41. The summed E-state index contributed by atoms with van der Waals surface area (Å²) in [5.41, 5.74) is 7.72. The van der Waals surface area contributed by atoms with Gasteiger partial charge >= 0.3 is 0 Å². The number of benzene rings is 1. The zero-order chi connectivity index (χ0) is 15.2. The van der Waals surface area contributed by atoms with Gasteiger partial charge in [-0.3, -0.25) is 4.79 Å². The Morgan fingerprint density at radius 3 is 2.95 bits per heavy atom. The Morgan fingerprint density at radius 1 is 1.48 bits per heavy atom. The topological polar surface area (TPSA) is 71.4 Å². The number of amides is 1. The van der Waals surface area contributed by atoms with Crippen LogP contribution in [0.1, 0.15) is 31.1 Å². The summed E-state index contributed by atoms with van der Waals surface area (Å²) in [6.45, 7) is 7.23. The maximum absolute atomic E-state index is 12.8. The quantitative estimate of drug-likeness (QED) is 0.791. The number of fused-ring (bicyclic) bond motifs is 1. The van der Waals surface area contributed by atoms with Crippen LogP contribution in [0.25, 0.3) is 10.9 Å². The van der Waals surface area contributed by atoms with Crippen molar-refractivity contribution in [3.05, 3.63) is 30.0 Å². The van der Waals surface area contributed by atoms with Crippen molar-refractivity contribution in [3.8, 4) is 0 Å². The Hall–Kier alpha value is -2.01. The van der Waals surface area contributed by atoms with Crippen molar-refractivity contribution in [2.45, 2.75) is 32.5 Å². The average Bonchev–Trinajstić information content (AvgIpc) is 2.78. The zero-order valence-corrected chi connectivity index (χ0v) is 12.6. The van der Waals surface area contributed by atoms with Gasteiger partial charge in [-0.1, -0.05) is 0 Å². The van der Waals surface area contributed by atoms with Crippen LogP contribution in [0.2, 0.25) is 0 Å². The van der Waals surface area contributed by atoms with E-state index < -0.39 is 0 Å². The molecule has 1 atom stereocenters. The van der Waals surface area contributed by atoms with E-state index in [9.17, 15) is 4.79 Å². The van der Waals surface area contributed by atoms with E-state index in [0.29, 0.717) is 24.3 Å². The number of anilines is 1. The number of hydrogen-bond acceptors (Lipinski definition) is 3. The Morgan fingerprint density at radius 2 is 2.24 bits per heavy atom. The zero-order valence-electron chi connectivity index (χ0n) is 12.6. The van der Waals surface area contributed by atoms with E-state index >= 15 is 0 Å². The Labute approximate surface area is 124 Å². The Kier molecular flexibility index (Phi) is 3.17. The molecule has 5 heteroatoms. The van der Waals surface area contributed by atoms with E-state index in [2.05, 4.69) is 4.98 Å². The van der Waals surface area contributed by atoms with Crippen molar-refractivity contribution in [1.82, 2.24) is 9.88 Å². The number of morpholine rings is 1. The van der Waals surface area contributed by atoms with Gasteiger partial charge in [0.05, 0.1) is 17.3 Å². The fourth-order valence-electron chi connectivity index (χ4n) is 3.10. The van der Waals surface area contributed by atoms with Crippen LogP contribution in [0.3, 0.4) is 0 Å². The standard InChI is InChI=1S/C16H21N3O2/c1-10-8-19(9-16(2,3)21-10)15(20)13-7-18-14-6-11(17)4-5-12(13)14/h4-7,10,18H,8-9,17H2,1-3H3. The van der Waals surface area contributed by atoms with E-state index in [0.717, 1.165) is 10.9 Å².